The van der Waals surface area contributed by atoms with Crippen LogP contribution in [0.1, 0.15) is 55.2 Å². The predicted octanol–water partition coefficient (Wildman–Crippen LogP) is 3.19. The molecule has 162 valence electrons. The van der Waals surface area contributed by atoms with Gasteiger partial charge in [0.2, 0.25) is 0 Å². The SMILES string of the molecule is CN(C)/C(N)=N\[C@@]1(O)c2cc(C#CC3CC3)ccc2C[C@]12CC[C@@H](OC(F)F)CC2. The van der Waals surface area contributed by atoms with Crippen LogP contribution in [0.5, 0.6) is 0 Å². The van der Waals surface area contributed by atoms with Crippen molar-refractivity contribution in [2.24, 2.45) is 22.1 Å². The van der Waals surface area contributed by atoms with E-state index >= 15 is 0 Å². The van der Waals surface area contributed by atoms with Gasteiger partial charge in [0.05, 0.1) is 6.10 Å². The van der Waals surface area contributed by atoms with Crippen LogP contribution in [-0.2, 0) is 16.9 Å². The van der Waals surface area contributed by atoms with E-state index in [0.29, 0.717) is 38.0 Å². The third-order valence-corrected chi connectivity index (χ3v) is 6.67. The topological polar surface area (TPSA) is 71.1 Å². The largest absolute Gasteiger partial charge is 0.370 e. The summed E-state index contributed by atoms with van der Waals surface area (Å²) in [7, 11) is 3.55. The molecule has 30 heavy (non-hydrogen) atoms. The monoisotopic (exact) mass is 417 g/mol. The van der Waals surface area contributed by atoms with E-state index in [-0.39, 0.29) is 5.96 Å². The van der Waals surface area contributed by atoms with E-state index in [1.54, 1.807) is 19.0 Å². The molecule has 3 N–H and O–H groups in total. The summed E-state index contributed by atoms with van der Waals surface area (Å²) >= 11 is 0. The molecule has 4 rings (SSSR count). The van der Waals surface area contributed by atoms with Crippen molar-refractivity contribution in [3.63, 3.8) is 0 Å². The number of nitrogens with zero attached hydrogens (tertiary/aromatic N) is 2. The van der Waals surface area contributed by atoms with Crippen LogP contribution < -0.4 is 5.73 Å². The molecule has 0 bridgehead atoms. The standard InChI is InChI=1S/C23H29F2N3O2/c1-28(2)21(26)27-23(29)19-13-16(6-5-15-3-4-15)7-8-17(19)14-22(23)11-9-18(10-12-22)30-20(24)25/h7-8,13,15,18,20,29H,3-4,9-12,14H2,1-2H3,(H2,26,27)/t18-,22-,23-/m1/s1. The molecule has 0 aromatic heterocycles. The number of nitrogens with two attached hydrogens (primary N) is 1. The van der Waals surface area contributed by atoms with Gasteiger partial charge in [-0.15, -0.1) is 0 Å². The number of fused-ring (bicyclic) bond motifs is 1. The third kappa shape index (κ3) is 3.91. The van der Waals surface area contributed by atoms with Crippen LogP contribution in [0.4, 0.5) is 8.78 Å². The highest BCUT2D eigenvalue weighted by Gasteiger charge is 2.58. The minimum absolute atomic E-state index is 0.227. The van der Waals surface area contributed by atoms with Crippen molar-refractivity contribution in [1.29, 1.82) is 0 Å². The van der Waals surface area contributed by atoms with Gasteiger partial charge in [-0.2, -0.15) is 8.78 Å². The molecule has 0 heterocycles. The fourth-order valence-corrected chi connectivity index (χ4v) is 4.71. The van der Waals surface area contributed by atoms with Crippen molar-refractivity contribution >= 4 is 5.96 Å². The molecule has 1 aromatic rings. The predicted molar refractivity (Wildman–Crippen MR) is 111 cm³/mol. The first-order valence-corrected chi connectivity index (χ1v) is 10.6. The molecular weight excluding hydrogens is 388 g/mol. The second kappa shape index (κ2) is 7.82. The lowest BCUT2D eigenvalue weighted by Gasteiger charge is -2.45. The van der Waals surface area contributed by atoms with Crippen LogP contribution in [-0.4, -0.2) is 42.8 Å². The second-order valence-electron chi connectivity index (χ2n) is 9.01. The van der Waals surface area contributed by atoms with E-state index in [1.807, 2.05) is 18.2 Å². The summed E-state index contributed by atoms with van der Waals surface area (Å²) in [4.78, 5) is 6.26. The zero-order valence-corrected chi connectivity index (χ0v) is 17.5. The Kier molecular flexibility index (Phi) is 5.50. The molecule has 0 aliphatic heterocycles. The third-order valence-electron chi connectivity index (χ3n) is 6.67. The fraction of sp³-hybridized carbons (Fsp3) is 0.609. The van der Waals surface area contributed by atoms with E-state index in [1.165, 1.54) is 0 Å². The molecule has 5 nitrogen and oxygen atoms in total. The van der Waals surface area contributed by atoms with Crippen LogP contribution >= 0.6 is 0 Å². The maximum Gasteiger partial charge on any atom is 0.345 e. The van der Waals surface area contributed by atoms with Gasteiger partial charge in [0.1, 0.15) is 0 Å². The van der Waals surface area contributed by atoms with Crippen molar-refractivity contribution < 1.29 is 18.6 Å². The molecule has 0 amide bonds. The van der Waals surface area contributed by atoms with Crippen molar-refractivity contribution in [3.05, 3.63) is 34.9 Å². The molecule has 1 spiro atoms. The zero-order valence-electron chi connectivity index (χ0n) is 17.5. The molecule has 0 radical (unpaired) electrons. The number of alkyl halides is 2. The van der Waals surface area contributed by atoms with Gasteiger partial charge >= 0.3 is 6.61 Å². The second-order valence-corrected chi connectivity index (χ2v) is 9.01. The minimum Gasteiger partial charge on any atom is -0.370 e. The van der Waals surface area contributed by atoms with Crippen LogP contribution in [0.25, 0.3) is 0 Å². The summed E-state index contributed by atoms with van der Waals surface area (Å²) in [5.41, 5.74) is 6.60. The van der Waals surface area contributed by atoms with Gasteiger partial charge < -0.3 is 20.5 Å². The number of hydrogen-bond donors (Lipinski definition) is 2. The van der Waals surface area contributed by atoms with Crippen molar-refractivity contribution in [3.8, 4) is 11.8 Å². The number of rotatable bonds is 3. The molecule has 2 saturated carbocycles. The maximum atomic E-state index is 12.7. The molecule has 7 heteroatoms. The van der Waals surface area contributed by atoms with Crippen LogP contribution in [0, 0.1) is 23.2 Å². The Morgan fingerprint density at radius 3 is 2.57 bits per heavy atom. The number of halogens is 2. The first kappa shape index (κ1) is 21.1. The normalized spacial score (nSPS) is 30.9. The molecule has 3 aliphatic rings. The highest BCUT2D eigenvalue weighted by Crippen LogP contribution is 2.58. The summed E-state index contributed by atoms with van der Waals surface area (Å²) in [6.07, 6.45) is 4.39. The highest BCUT2D eigenvalue weighted by molar-refractivity contribution is 5.78. The molecule has 1 aromatic carbocycles. The van der Waals surface area contributed by atoms with Gasteiger partial charge in [-0.05, 0) is 62.6 Å². The Morgan fingerprint density at radius 2 is 1.97 bits per heavy atom. The van der Waals surface area contributed by atoms with E-state index < -0.39 is 23.9 Å². The maximum absolute atomic E-state index is 12.7. The Hall–Kier alpha value is -2.17. The Labute approximate surface area is 176 Å². The van der Waals surface area contributed by atoms with E-state index in [2.05, 4.69) is 16.8 Å². The van der Waals surface area contributed by atoms with Crippen molar-refractivity contribution in [2.75, 3.05) is 14.1 Å². The first-order valence-electron chi connectivity index (χ1n) is 10.6. The molecule has 0 unspecified atom stereocenters. The number of hydrogen-bond acceptors (Lipinski definition) is 3. The van der Waals surface area contributed by atoms with E-state index in [4.69, 9.17) is 10.5 Å². The average Bonchev–Trinajstić information content (AvgIpc) is 3.49. The van der Waals surface area contributed by atoms with Gasteiger partial charge in [0.15, 0.2) is 11.7 Å². The lowest BCUT2D eigenvalue weighted by molar-refractivity contribution is -0.186. The first-order chi connectivity index (χ1) is 14.2. The van der Waals surface area contributed by atoms with E-state index in [9.17, 15) is 13.9 Å². The summed E-state index contributed by atoms with van der Waals surface area (Å²) in [5, 5.41) is 12.0. The quantitative estimate of drug-likeness (QED) is 0.450. The van der Waals surface area contributed by atoms with Crippen molar-refractivity contribution in [2.45, 2.75) is 63.4 Å². The number of aliphatic hydroxyl groups is 1. The highest BCUT2D eigenvalue weighted by atomic mass is 19.3. The smallest absolute Gasteiger partial charge is 0.345 e. The van der Waals surface area contributed by atoms with Gasteiger partial charge in [-0.25, -0.2) is 4.99 Å². The van der Waals surface area contributed by atoms with Crippen LogP contribution in [0.3, 0.4) is 0 Å². The minimum atomic E-state index is -2.78. The van der Waals surface area contributed by atoms with Gasteiger partial charge in [-0.3, -0.25) is 0 Å². The van der Waals surface area contributed by atoms with Gasteiger partial charge in [0, 0.05) is 36.6 Å². The zero-order chi connectivity index (χ0) is 21.5. The van der Waals surface area contributed by atoms with Crippen molar-refractivity contribution in [1.82, 2.24) is 4.90 Å². The number of ether oxygens (including phenoxy) is 1. The number of benzene rings is 1. The number of aliphatic imine (C=N–C) groups is 1. The molecular formula is C23H29F2N3O2. The Balaban J connectivity index is 1.70. The summed E-state index contributed by atoms with van der Waals surface area (Å²) in [6.45, 7) is -2.78. The lowest BCUT2D eigenvalue weighted by atomic mass is 9.66. The average molecular weight is 418 g/mol. The molecule has 2 fully saturated rings. The van der Waals surface area contributed by atoms with Gasteiger partial charge in [-0.1, -0.05) is 17.9 Å². The van der Waals surface area contributed by atoms with Gasteiger partial charge in [0.25, 0.3) is 0 Å². The molecule has 1 atom stereocenters. The summed E-state index contributed by atoms with van der Waals surface area (Å²) in [6, 6.07) is 5.92. The summed E-state index contributed by atoms with van der Waals surface area (Å²) in [5.74, 6) is 7.18. The number of guanidine groups is 1. The van der Waals surface area contributed by atoms with Crippen LogP contribution in [0.15, 0.2) is 23.2 Å². The lowest BCUT2D eigenvalue weighted by Crippen LogP contribution is -2.47. The molecule has 0 saturated heterocycles. The summed E-state index contributed by atoms with van der Waals surface area (Å²) < 4.78 is 30.1. The van der Waals surface area contributed by atoms with E-state index in [0.717, 1.165) is 29.5 Å². The van der Waals surface area contributed by atoms with Crippen LogP contribution in [0.2, 0.25) is 0 Å². The Bertz CT molecular complexity index is 893. The molecule has 3 aliphatic carbocycles. The Morgan fingerprint density at radius 1 is 1.27 bits per heavy atom. The fourth-order valence-electron chi connectivity index (χ4n) is 4.71.